The van der Waals surface area contributed by atoms with E-state index in [9.17, 15) is 8.42 Å². The third-order valence-electron chi connectivity index (χ3n) is 3.62. The number of hydrogen-bond acceptors (Lipinski definition) is 3. The van der Waals surface area contributed by atoms with Crippen LogP contribution in [0, 0.1) is 0 Å². The van der Waals surface area contributed by atoms with Crippen molar-refractivity contribution in [3.63, 3.8) is 0 Å². The number of hydrogen-bond donors (Lipinski definition) is 1. The predicted octanol–water partition coefficient (Wildman–Crippen LogP) is 3.80. The Hall–Kier alpha value is -1.86. The van der Waals surface area contributed by atoms with Gasteiger partial charge in [-0.15, -0.1) is 0 Å². The molecule has 1 N–H and O–H groups in total. The normalized spacial score (nSPS) is 11.6. The summed E-state index contributed by atoms with van der Waals surface area (Å²) < 4.78 is 29.2. The summed E-state index contributed by atoms with van der Waals surface area (Å²) >= 11 is 11.9. The fourth-order valence-corrected chi connectivity index (χ4v) is 4.09. The Balaban J connectivity index is 1.75. The number of halogens is 2. The summed E-state index contributed by atoms with van der Waals surface area (Å²) in [5, 5.41) is 0.796. The molecule has 3 rings (SSSR count). The summed E-state index contributed by atoms with van der Waals surface area (Å²) in [5.41, 5.74) is 2.21. The molecule has 0 fully saturated rings. The summed E-state index contributed by atoms with van der Waals surface area (Å²) in [6.07, 6.45) is 5.14. The predicted molar refractivity (Wildman–Crippen MR) is 99.5 cm³/mol. The topological polar surface area (TPSA) is 64.0 Å². The van der Waals surface area contributed by atoms with Crippen molar-refractivity contribution in [1.82, 2.24) is 14.3 Å². The maximum atomic E-state index is 12.4. The highest BCUT2D eigenvalue weighted by atomic mass is 35.5. The van der Waals surface area contributed by atoms with Crippen molar-refractivity contribution in [3.05, 3.63) is 82.4 Å². The molecule has 0 unspecified atom stereocenters. The fourth-order valence-electron chi connectivity index (χ4n) is 2.40. The van der Waals surface area contributed by atoms with E-state index in [1.54, 1.807) is 30.9 Å². The van der Waals surface area contributed by atoms with E-state index in [0.717, 1.165) is 11.3 Å². The van der Waals surface area contributed by atoms with Crippen molar-refractivity contribution >= 4 is 33.2 Å². The molecule has 0 spiro atoms. The lowest BCUT2D eigenvalue weighted by molar-refractivity contribution is 0.580. The number of rotatable bonds is 6. The van der Waals surface area contributed by atoms with E-state index >= 15 is 0 Å². The third kappa shape index (κ3) is 4.61. The number of nitrogens with one attached hydrogen (secondary N) is 1. The van der Waals surface area contributed by atoms with E-state index in [4.69, 9.17) is 23.2 Å². The lowest BCUT2D eigenvalue weighted by atomic mass is 10.2. The molecule has 25 heavy (non-hydrogen) atoms. The molecule has 0 saturated carbocycles. The van der Waals surface area contributed by atoms with Gasteiger partial charge in [-0.1, -0.05) is 47.5 Å². The lowest BCUT2D eigenvalue weighted by Crippen LogP contribution is -2.25. The minimum atomic E-state index is -3.56. The van der Waals surface area contributed by atoms with E-state index in [1.807, 2.05) is 28.8 Å². The Morgan fingerprint density at radius 3 is 2.60 bits per heavy atom. The van der Waals surface area contributed by atoms with Gasteiger partial charge < -0.3 is 4.57 Å². The zero-order chi connectivity index (χ0) is 17.9. The molecule has 0 amide bonds. The smallest absolute Gasteiger partial charge is 0.216 e. The van der Waals surface area contributed by atoms with E-state index in [0.29, 0.717) is 15.6 Å². The van der Waals surface area contributed by atoms with E-state index < -0.39 is 10.0 Å². The largest absolute Gasteiger partial charge is 0.306 e. The number of imidazole rings is 1. The molecule has 0 aliphatic heterocycles. The van der Waals surface area contributed by atoms with Gasteiger partial charge in [0, 0.05) is 29.0 Å². The highest BCUT2D eigenvalue weighted by Crippen LogP contribution is 2.22. The quantitative estimate of drug-likeness (QED) is 0.690. The van der Waals surface area contributed by atoms with Gasteiger partial charge in [0.1, 0.15) is 0 Å². The average molecular weight is 396 g/mol. The first kappa shape index (κ1) is 17.9. The van der Waals surface area contributed by atoms with Crippen molar-refractivity contribution in [2.75, 3.05) is 0 Å². The molecule has 3 aromatic rings. The summed E-state index contributed by atoms with van der Waals surface area (Å²) in [5.74, 6) is -0.212. The van der Waals surface area contributed by atoms with Crippen LogP contribution in [0.5, 0.6) is 0 Å². The van der Waals surface area contributed by atoms with Crippen LogP contribution in [0.15, 0.2) is 61.2 Å². The molecule has 1 aromatic heterocycles. The molecule has 1 heterocycles. The van der Waals surface area contributed by atoms with Gasteiger partial charge in [0.25, 0.3) is 0 Å². The first-order valence-electron chi connectivity index (χ1n) is 7.42. The van der Waals surface area contributed by atoms with Gasteiger partial charge in [-0.25, -0.2) is 18.1 Å². The van der Waals surface area contributed by atoms with Gasteiger partial charge in [-0.2, -0.15) is 0 Å². The SMILES string of the molecule is O=S(=O)(Cc1ccc(Cl)cc1Cl)NCc1ccccc1-n1ccnc1. The molecular weight excluding hydrogens is 381 g/mol. The number of nitrogens with zero attached hydrogens (tertiary/aromatic N) is 2. The van der Waals surface area contributed by atoms with Crippen LogP contribution in [0.1, 0.15) is 11.1 Å². The van der Waals surface area contributed by atoms with Crippen LogP contribution in [0.2, 0.25) is 10.0 Å². The van der Waals surface area contributed by atoms with Gasteiger partial charge in [0.05, 0.1) is 17.8 Å². The van der Waals surface area contributed by atoms with Crippen LogP contribution in [0.3, 0.4) is 0 Å². The first-order valence-corrected chi connectivity index (χ1v) is 9.83. The number of benzene rings is 2. The van der Waals surface area contributed by atoms with E-state index in [2.05, 4.69) is 9.71 Å². The average Bonchev–Trinajstić information content (AvgIpc) is 3.10. The van der Waals surface area contributed by atoms with Gasteiger partial charge in [-0.3, -0.25) is 0 Å². The molecule has 130 valence electrons. The van der Waals surface area contributed by atoms with Crippen molar-refractivity contribution in [1.29, 1.82) is 0 Å². The molecule has 0 aliphatic rings. The van der Waals surface area contributed by atoms with Gasteiger partial charge in [0.2, 0.25) is 10.0 Å². The van der Waals surface area contributed by atoms with Crippen LogP contribution in [-0.4, -0.2) is 18.0 Å². The second-order valence-electron chi connectivity index (χ2n) is 5.41. The summed E-state index contributed by atoms with van der Waals surface area (Å²) in [7, 11) is -3.56. The summed E-state index contributed by atoms with van der Waals surface area (Å²) in [6, 6.07) is 12.3. The number of aromatic nitrogens is 2. The highest BCUT2D eigenvalue weighted by molar-refractivity contribution is 7.88. The second kappa shape index (κ2) is 7.58. The summed E-state index contributed by atoms with van der Waals surface area (Å²) in [4.78, 5) is 4.02. The molecule has 0 radical (unpaired) electrons. The maximum Gasteiger partial charge on any atom is 0.216 e. The van der Waals surface area contributed by atoms with Crippen molar-refractivity contribution < 1.29 is 8.42 Å². The molecule has 0 atom stereocenters. The molecule has 0 bridgehead atoms. The monoisotopic (exact) mass is 395 g/mol. The van der Waals surface area contributed by atoms with Crippen molar-refractivity contribution in [2.24, 2.45) is 0 Å². The summed E-state index contributed by atoms with van der Waals surface area (Å²) in [6.45, 7) is 0.169. The van der Waals surface area contributed by atoms with Crippen molar-refractivity contribution in [2.45, 2.75) is 12.3 Å². The maximum absolute atomic E-state index is 12.4. The first-order chi connectivity index (χ1) is 11.9. The van der Waals surface area contributed by atoms with Crippen LogP contribution in [-0.2, 0) is 22.3 Å². The van der Waals surface area contributed by atoms with Crippen LogP contribution in [0.4, 0.5) is 0 Å². The van der Waals surface area contributed by atoms with Crippen molar-refractivity contribution in [3.8, 4) is 5.69 Å². The van der Waals surface area contributed by atoms with Gasteiger partial charge in [0.15, 0.2) is 0 Å². The standard InChI is InChI=1S/C17H15Cl2N3O2S/c18-15-6-5-14(16(19)9-15)11-25(23,24)21-10-13-3-1-2-4-17(13)22-8-7-20-12-22/h1-9,12,21H,10-11H2. The minimum absolute atomic E-state index is 0.169. The molecular formula is C17H15Cl2N3O2S. The number of para-hydroxylation sites is 1. The van der Waals surface area contributed by atoms with Gasteiger partial charge >= 0.3 is 0 Å². The molecule has 2 aromatic carbocycles. The lowest BCUT2D eigenvalue weighted by Gasteiger charge is -2.12. The Morgan fingerprint density at radius 2 is 1.88 bits per heavy atom. The van der Waals surface area contributed by atoms with E-state index in [-0.39, 0.29) is 12.3 Å². The Bertz CT molecular complexity index is 973. The highest BCUT2D eigenvalue weighted by Gasteiger charge is 2.15. The third-order valence-corrected chi connectivity index (χ3v) is 5.48. The number of sulfonamides is 1. The fraction of sp³-hybridized carbons (Fsp3) is 0.118. The Morgan fingerprint density at radius 1 is 1.08 bits per heavy atom. The van der Waals surface area contributed by atoms with Crippen LogP contribution < -0.4 is 4.72 Å². The molecule has 0 aliphatic carbocycles. The van der Waals surface area contributed by atoms with Crippen LogP contribution in [0.25, 0.3) is 5.69 Å². The minimum Gasteiger partial charge on any atom is -0.306 e. The Labute approximate surface area is 156 Å². The van der Waals surface area contributed by atoms with E-state index in [1.165, 1.54) is 6.07 Å². The zero-order valence-corrected chi connectivity index (χ0v) is 15.4. The van der Waals surface area contributed by atoms with Crippen LogP contribution >= 0.6 is 23.2 Å². The molecule has 5 nitrogen and oxygen atoms in total. The molecule has 8 heteroatoms. The zero-order valence-electron chi connectivity index (χ0n) is 13.1. The second-order valence-corrected chi connectivity index (χ2v) is 8.07. The van der Waals surface area contributed by atoms with Gasteiger partial charge in [-0.05, 0) is 29.3 Å². The molecule has 0 saturated heterocycles. The Kier molecular flexibility index (Phi) is 5.44.